The normalized spacial score (nSPS) is 15.4. The fourth-order valence-electron chi connectivity index (χ4n) is 3.49. The van der Waals surface area contributed by atoms with Gasteiger partial charge in [0.2, 0.25) is 0 Å². The highest BCUT2D eigenvalue weighted by Crippen LogP contribution is 2.36. The highest BCUT2D eigenvalue weighted by Gasteiger charge is 2.34. The van der Waals surface area contributed by atoms with Crippen LogP contribution in [0.3, 0.4) is 0 Å². The Kier molecular flexibility index (Phi) is 6.07. The molecule has 0 radical (unpaired) electrons. The van der Waals surface area contributed by atoms with Crippen molar-refractivity contribution < 1.29 is 19.4 Å². The molecule has 1 aliphatic heterocycles. The van der Waals surface area contributed by atoms with Gasteiger partial charge in [-0.1, -0.05) is 13.8 Å². The predicted octanol–water partition coefficient (Wildman–Crippen LogP) is 5.94. The smallest absolute Gasteiger partial charge is 0.346 e. The molecular weight excluding hydrogens is 387 g/mol. The first-order valence-electron chi connectivity index (χ1n) is 9.32. The van der Waals surface area contributed by atoms with Gasteiger partial charge >= 0.3 is 6.18 Å². The number of thiophene rings is 1. The maximum Gasteiger partial charge on any atom is 0.425 e. The average Bonchev–Trinajstić information content (AvgIpc) is 3.38. The van der Waals surface area contributed by atoms with Gasteiger partial charge in [0.15, 0.2) is 0 Å². The molecule has 152 valence electrons. The molecule has 8 heteroatoms. The quantitative estimate of drug-likeness (QED) is 0.568. The van der Waals surface area contributed by atoms with E-state index in [4.69, 9.17) is 0 Å². The van der Waals surface area contributed by atoms with Gasteiger partial charge in [0.25, 0.3) is 5.91 Å². The number of piperidine rings is 1. The number of H-pyrrole nitrogens is 1. The van der Waals surface area contributed by atoms with Crippen LogP contribution < -0.4 is 0 Å². The Balaban J connectivity index is 0.000000970. The number of nitrogens with one attached hydrogen (secondary N) is 1. The van der Waals surface area contributed by atoms with Crippen molar-refractivity contribution in [2.45, 2.75) is 38.8 Å². The second-order valence-corrected chi connectivity index (χ2v) is 7.45. The van der Waals surface area contributed by atoms with E-state index in [0.29, 0.717) is 30.3 Å². The first-order chi connectivity index (χ1) is 13.4. The molecule has 3 aromatic rings. The Labute approximate surface area is 166 Å². The van der Waals surface area contributed by atoms with Gasteiger partial charge in [-0.3, -0.25) is 4.79 Å². The lowest BCUT2D eigenvalue weighted by Crippen LogP contribution is -2.37. The minimum absolute atomic E-state index is 0. The summed E-state index contributed by atoms with van der Waals surface area (Å²) in [6, 6.07) is 6.26. The van der Waals surface area contributed by atoms with E-state index < -0.39 is 11.1 Å². The average molecular weight is 411 g/mol. The predicted molar refractivity (Wildman–Crippen MR) is 107 cm³/mol. The van der Waals surface area contributed by atoms with Crippen LogP contribution in [0.1, 0.15) is 54.1 Å². The molecule has 0 spiro atoms. The number of amides is 1. The minimum Gasteiger partial charge on any atom is -0.346 e. The minimum atomic E-state index is -4.40. The zero-order valence-electron chi connectivity index (χ0n) is 15.7. The molecule has 0 aromatic carbocycles. The highest BCUT2D eigenvalue weighted by atomic mass is 32.1. The SMILES string of the molecule is CC.O=C(c1ccc(C(F)(F)F)s1)N1CCC(c2ccnc3[nH]ccc23)CC1.[HH]. The molecule has 1 N–H and O–H groups in total. The van der Waals surface area contributed by atoms with E-state index in [0.717, 1.165) is 29.9 Å². The Bertz CT molecular complexity index is 946. The van der Waals surface area contributed by atoms with Gasteiger partial charge in [-0.05, 0) is 48.6 Å². The van der Waals surface area contributed by atoms with Crippen LogP contribution in [0, 0.1) is 0 Å². The summed E-state index contributed by atoms with van der Waals surface area (Å²) >= 11 is 0.513. The van der Waals surface area contributed by atoms with E-state index in [-0.39, 0.29) is 12.2 Å². The fraction of sp³-hybridized carbons (Fsp3) is 0.400. The lowest BCUT2D eigenvalue weighted by atomic mass is 9.88. The molecule has 3 aromatic heterocycles. The number of aromatic amines is 1. The number of alkyl halides is 3. The van der Waals surface area contributed by atoms with Crippen LogP contribution in [0.2, 0.25) is 0 Å². The van der Waals surface area contributed by atoms with Crippen LogP contribution in [0.15, 0.2) is 36.7 Å². The second kappa shape index (κ2) is 8.34. The summed E-state index contributed by atoms with van der Waals surface area (Å²) in [5, 5.41) is 1.09. The summed E-state index contributed by atoms with van der Waals surface area (Å²) in [7, 11) is 0. The van der Waals surface area contributed by atoms with Crippen LogP contribution in [0.4, 0.5) is 13.2 Å². The van der Waals surface area contributed by atoms with Gasteiger partial charge in [0.05, 0.1) is 4.88 Å². The molecule has 1 amide bonds. The molecule has 1 saturated heterocycles. The topological polar surface area (TPSA) is 49.0 Å². The van der Waals surface area contributed by atoms with Gasteiger partial charge in [-0.25, -0.2) is 4.98 Å². The number of pyridine rings is 1. The van der Waals surface area contributed by atoms with Crippen molar-refractivity contribution in [1.82, 2.24) is 14.9 Å². The molecular formula is C20H24F3N3OS. The summed E-state index contributed by atoms with van der Waals surface area (Å²) in [5.41, 5.74) is 2.05. The van der Waals surface area contributed by atoms with Crippen LogP contribution in [-0.4, -0.2) is 33.9 Å². The number of nitrogens with zero attached hydrogens (tertiary/aromatic N) is 2. The zero-order chi connectivity index (χ0) is 20.3. The molecule has 4 rings (SSSR count). The van der Waals surface area contributed by atoms with E-state index in [1.54, 1.807) is 11.1 Å². The van der Waals surface area contributed by atoms with E-state index in [1.807, 2.05) is 32.2 Å². The molecule has 1 fully saturated rings. The number of fused-ring (bicyclic) bond motifs is 1. The second-order valence-electron chi connectivity index (χ2n) is 6.37. The van der Waals surface area contributed by atoms with Gasteiger partial charge in [-0.2, -0.15) is 13.2 Å². The Morgan fingerprint density at radius 2 is 1.93 bits per heavy atom. The Morgan fingerprint density at radius 1 is 1.21 bits per heavy atom. The zero-order valence-corrected chi connectivity index (χ0v) is 16.5. The van der Waals surface area contributed by atoms with Crippen LogP contribution in [0.25, 0.3) is 11.0 Å². The van der Waals surface area contributed by atoms with Crippen LogP contribution in [-0.2, 0) is 6.18 Å². The van der Waals surface area contributed by atoms with Crippen molar-refractivity contribution in [3.05, 3.63) is 52.0 Å². The van der Waals surface area contributed by atoms with E-state index in [1.165, 1.54) is 11.6 Å². The third-order valence-electron chi connectivity index (χ3n) is 4.81. The summed E-state index contributed by atoms with van der Waals surface area (Å²) in [6.07, 6.45) is 0.797. The molecule has 0 atom stereocenters. The van der Waals surface area contributed by atoms with Gasteiger partial charge in [-0.15, -0.1) is 11.3 Å². The van der Waals surface area contributed by atoms with Crippen molar-refractivity contribution in [2.75, 3.05) is 13.1 Å². The van der Waals surface area contributed by atoms with Crippen molar-refractivity contribution in [2.24, 2.45) is 0 Å². The van der Waals surface area contributed by atoms with Crippen molar-refractivity contribution >= 4 is 28.3 Å². The first-order valence-corrected chi connectivity index (χ1v) is 10.1. The molecule has 4 nitrogen and oxygen atoms in total. The van der Waals surface area contributed by atoms with Gasteiger partial charge in [0.1, 0.15) is 10.5 Å². The third kappa shape index (κ3) is 4.06. The Morgan fingerprint density at radius 3 is 2.57 bits per heavy atom. The van der Waals surface area contributed by atoms with E-state index >= 15 is 0 Å². The number of aromatic nitrogens is 2. The van der Waals surface area contributed by atoms with E-state index in [2.05, 4.69) is 9.97 Å². The summed E-state index contributed by atoms with van der Waals surface area (Å²) < 4.78 is 38.2. The monoisotopic (exact) mass is 411 g/mol. The number of halogens is 3. The van der Waals surface area contributed by atoms with E-state index in [9.17, 15) is 18.0 Å². The lowest BCUT2D eigenvalue weighted by Gasteiger charge is -2.32. The maximum absolute atomic E-state index is 12.7. The number of likely N-dealkylation sites (tertiary alicyclic amines) is 1. The number of hydrogen-bond donors (Lipinski definition) is 1. The summed E-state index contributed by atoms with van der Waals surface area (Å²) in [4.78, 5) is 21.0. The Hall–Kier alpha value is -2.35. The third-order valence-corrected chi connectivity index (χ3v) is 5.93. The number of hydrogen-bond acceptors (Lipinski definition) is 3. The molecule has 1 aliphatic rings. The molecule has 0 unspecified atom stereocenters. The molecule has 4 heterocycles. The number of rotatable bonds is 2. The number of carbonyl (C=O) groups is 1. The lowest BCUT2D eigenvalue weighted by molar-refractivity contribution is -0.134. The standard InChI is InChI=1S/C18H16F3N3OS.C2H6.H2/c19-18(20,21)15-2-1-14(26-15)17(25)24-9-5-11(6-10-24)12-3-7-22-16-13(12)4-8-23-16;1-2;/h1-4,7-8,11H,5-6,9-10H2,(H,22,23);1-2H3;1H. The summed E-state index contributed by atoms with van der Waals surface area (Å²) in [5.74, 6) is -0.000100. The van der Waals surface area contributed by atoms with Crippen molar-refractivity contribution in [1.29, 1.82) is 0 Å². The van der Waals surface area contributed by atoms with Crippen molar-refractivity contribution in [3.8, 4) is 0 Å². The summed E-state index contributed by atoms with van der Waals surface area (Å²) in [6.45, 7) is 5.08. The van der Waals surface area contributed by atoms with Crippen molar-refractivity contribution in [3.63, 3.8) is 0 Å². The van der Waals surface area contributed by atoms with Crippen LogP contribution >= 0.6 is 11.3 Å². The van der Waals surface area contributed by atoms with Crippen LogP contribution in [0.5, 0.6) is 0 Å². The molecule has 0 bridgehead atoms. The molecule has 28 heavy (non-hydrogen) atoms. The molecule has 0 saturated carbocycles. The highest BCUT2D eigenvalue weighted by molar-refractivity contribution is 7.14. The fourth-order valence-corrected chi connectivity index (χ4v) is 4.33. The largest absolute Gasteiger partial charge is 0.425 e. The first kappa shape index (κ1) is 20.4. The number of carbonyl (C=O) groups excluding carboxylic acids is 1. The maximum atomic E-state index is 12.7. The van der Waals surface area contributed by atoms with Gasteiger partial charge in [0, 0.05) is 32.3 Å². The molecule has 0 aliphatic carbocycles. The van der Waals surface area contributed by atoms with Gasteiger partial charge < -0.3 is 9.88 Å².